The normalized spacial score (nSPS) is 17.8. The summed E-state index contributed by atoms with van der Waals surface area (Å²) in [5.41, 5.74) is 3.36. The molecule has 0 N–H and O–H groups in total. The minimum atomic E-state index is -0.0198. The molecular formula is C23H26N4O3. The highest BCUT2D eigenvalue weighted by Gasteiger charge is 2.33. The third-order valence-electron chi connectivity index (χ3n) is 6.03. The average molecular weight is 406 g/mol. The van der Waals surface area contributed by atoms with Gasteiger partial charge in [0, 0.05) is 25.5 Å². The van der Waals surface area contributed by atoms with E-state index >= 15 is 0 Å². The summed E-state index contributed by atoms with van der Waals surface area (Å²) in [6, 6.07) is 10.3. The lowest BCUT2D eigenvalue weighted by molar-refractivity contribution is 0.0174. The van der Waals surface area contributed by atoms with Gasteiger partial charge >= 0.3 is 0 Å². The number of imidazole rings is 1. The molecule has 2 aliphatic rings. The van der Waals surface area contributed by atoms with Gasteiger partial charge in [-0.25, -0.2) is 9.97 Å². The van der Waals surface area contributed by atoms with Gasteiger partial charge in [-0.15, -0.1) is 0 Å². The zero-order valence-corrected chi connectivity index (χ0v) is 17.2. The van der Waals surface area contributed by atoms with E-state index in [4.69, 9.17) is 9.47 Å². The van der Waals surface area contributed by atoms with E-state index in [0.717, 1.165) is 49.4 Å². The molecule has 1 amide bonds. The highest BCUT2D eigenvalue weighted by Crippen LogP contribution is 2.26. The summed E-state index contributed by atoms with van der Waals surface area (Å²) < 4.78 is 13.7. The van der Waals surface area contributed by atoms with Crippen LogP contribution in [0.4, 0.5) is 0 Å². The lowest BCUT2D eigenvalue weighted by Gasteiger charge is -2.39. The van der Waals surface area contributed by atoms with Crippen molar-refractivity contribution in [1.29, 1.82) is 0 Å². The number of carbonyl (C=O) groups excluding carboxylic acids is 1. The van der Waals surface area contributed by atoms with Crippen molar-refractivity contribution >= 4 is 17.1 Å². The second kappa shape index (κ2) is 8.07. The van der Waals surface area contributed by atoms with Crippen LogP contribution >= 0.6 is 0 Å². The Morgan fingerprint density at radius 2 is 2.00 bits per heavy atom. The van der Waals surface area contributed by atoms with E-state index in [0.29, 0.717) is 24.7 Å². The summed E-state index contributed by atoms with van der Waals surface area (Å²) in [5.74, 6) is 0.896. The van der Waals surface area contributed by atoms with Crippen LogP contribution in [0, 0.1) is 0 Å². The number of hydrogen-bond donors (Lipinski definition) is 0. The Morgan fingerprint density at radius 3 is 2.80 bits per heavy atom. The van der Waals surface area contributed by atoms with Crippen molar-refractivity contribution in [3.8, 4) is 5.75 Å². The molecule has 0 atom stereocenters. The van der Waals surface area contributed by atoms with E-state index < -0.39 is 0 Å². The number of pyridine rings is 1. The molecule has 30 heavy (non-hydrogen) atoms. The smallest absolute Gasteiger partial charge is 0.255 e. The van der Waals surface area contributed by atoms with Gasteiger partial charge in [0.2, 0.25) is 0 Å². The lowest BCUT2D eigenvalue weighted by Crippen LogP contribution is -2.56. The molecule has 156 valence electrons. The number of amides is 1. The summed E-state index contributed by atoms with van der Waals surface area (Å²) in [6.07, 6.45) is 6.39. The van der Waals surface area contributed by atoms with Crippen molar-refractivity contribution in [3.63, 3.8) is 0 Å². The standard InChI is InChI=1S/C23H26N4O3/c1-2-16-5-3-4-6-21(16)30-19-13-26(14-19)23(28)17-11-20-22(24-12-17)27(15-25-20)18-7-9-29-10-8-18/h3-6,11-12,15,18-19H,2,7-10,13-14H2,1H3. The molecule has 2 fully saturated rings. The van der Waals surface area contributed by atoms with Crippen molar-refractivity contribution < 1.29 is 14.3 Å². The maximum Gasteiger partial charge on any atom is 0.255 e. The van der Waals surface area contributed by atoms with Gasteiger partial charge in [0.25, 0.3) is 5.91 Å². The molecule has 0 radical (unpaired) electrons. The number of aryl methyl sites for hydroxylation is 1. The van der Waals surface area contributed by atoms with Crippen LogP contribution in [0.15, 0.2) is 42.9 Å². The first-order chi connectivity index (χ1) is 14.7. The molecular weight excluding hydrogens is 380 g/mol. The fourth-order valence-corrected chi connectivity index (χ4v) is 4.22. The fourth-order valence-electron chi connectivity index (χ4n) is 4.22. The van der Waals surface area contributed by atoms with Crippen molar-refractivity contribution in [3.05, 3.63) is 54.0 Å². The van der Waals surface area contributed by atoms with Gasteiger partial charge in [-0.05, 0) is 37.0 Å². The molecule has 1 aromatic carbocycles. The van der Waals surface area contributed by atoms with Gasteiger partial charge in [-0.2, -0.15) is 0 Å². The van der Waals surface area contributed by atoms with Gasteiger partial charge < -0.3 is 18.9 Å². The molecule has 2 saturated heterocycles. The molecule has 0 aliphatic carbocycles. The van der Waals surface area contributed by atoms with Crippen molar-refractivity contribution in [2.45, 2.75) is 38.3 Å². The molecule has 0 unspecified atom stereocenters. The van der Waals surface area contributed by atoms with Crippen LogP contribution in [0.5, 0.6) is 5.75 Å². The number of nitrogens with zero attached hydrogens (tertiary/aromatic N) is 4. The number of fused-ring (bicyclic) bond motifs is 1. The summed E-state index contributed by atoms with van der Waals surface area (Å²) in [5, 5.41) is 0. The number of benzene rings is 1. The molecule has 0 bridgehead atoms. The number of ether oxygens (including phenoxy) is 2. The Morgan fingerprint density at radius 1 is 1.20 bits per heavy atom. The van der Waals surface area contributed by atoms with Crippen molar-refractivity contribution in [1.82, 2.24) is 19.4 Å². The fraction of sp³-hybridized carbons (Fsp3) is 0.435. The monoisotopic (exact) mass is 406 g/mol. The van der Waals surface area contributed by atoms with Crippen LogP contribution in [0.1, 0.15) is 41.7 Å². The number of carbonyl (C=O) groups is 1. The Kier molecular flexibility index (Phi) is 5.12. The zero-order chi connectivity index (χ0) is 20.5. The summed E-state index contributed by atoms with van der Waals surface area (Å²) in [7, 11) is 0. The van der Waals surface area contributed by atoms with Crippen LogP contribution in [0.2, 0.25) is 0 Å². The van der Waals surface area contributed by atoms with Crippen LogP contribution < -0.4 is 4.74 Å². The van der Waals surface area contributed by atoms with E-state index in [1.54, 1.807) is 11.1 Å². The molecule has 4 heterocycles. The molecule has 2 aliphatic heterocycles. The Labute approximate surface area is 175 Å². The van der Waals surface area contributed by atoms with Crippen LogP contribution in [-0.2, 0) is 11.2 Å². The molecule has 0 spiro atoms. The highest BCUT2D eigenvalue weighted by molar-refractivity contribution is 5.96. The second-order valence-corrected chi connectivity index (χ2v) is 7.97. The molecule has 3 aromatic rings. The molecule has 7 nitrogen and oxygen atoms in total. The zero-order valence-electron chi connectivity index (χ0n) is 17.2. The number of hydrogen-bond acceptors (Lipinski definition) is 5. The molecule has 2 aromatic heterocycles. The van der Waals surface area contributed by atoms with E-state index in [2.05, 4.69) is 27.5 Å². The largest absolute Gasteiger partial charge is 0.486 e. The Bertz CT molecular complexity index is 1050. The predicted octanol–water partition coefficient (Wildman–Crippen LogP) is 3.25. The Hall–Kier alpha value is -2.93. The molecule has 7 heteroatoms. The SMILES string of the molecule is CCc1ccccc1OC1CN(C(=O)c2cnc3c(c2)ncn3C2CCOCC2)C1. The maximum absolute atomic E-state index is 12.9. The second-order valence-electron chi connectivity index (χ2n) is 7.97. The third kappa shape index (κ3) is 3.54. The topological polar surface area (TPSA) is 69.5 Å². The van der Waals surface area contributed by atoms with E-state index in [-0.39, 0.29) is 12.0 Å². The minimum Gasteiger partial charge on any atom is -0.486 e. The van der Waals surface area contributed by atoms with Gasteiger partial charge in [-0.1, -0.05) is 25.1 Å². The summed E-state index contributed by atoms with van der Waals surface area (Å²) in [6.45, 7) is 4.83. The van der Waals surface area contributed by atoms with E-state index in [1.807, 2.05) is 30.6 Å². The summed E-state index contributed by atoms with van der Waals surface area (Å²) in [4.78, 5) is 23.7. The minimum absolute atomic E-state index is 0.0198. The first-order valence-corrected chi connectivity index (χ1v) is 10.7. The van der Waals surface area contributed by atoms with Crippen LogP contribution in [0.3, 0.4) is 0 Å². The number of aromatic nitrogens is 3. The number of para-hydroxylation sites is 1. The van der Waals surface area contributed by atoms with Gasteiger partial charge in [0.05, 0.1) is 25.0 Å². The summed E-state index contributed by atoms with van der Waals surface area (Å²) >= 11 is 0. The van der Waals surface area contributed by atoms with Gasteiger partial charge in [-0.3, -0.25) is 4.79 Å². The van der Waals surface area contributed by atoms with Gasteiger partial charge in [0.15, 0.2) is 5.65 Å². The highest BCUT2D eigenvalue weighted by atomic mass is 16.5. The van der Waals surface area contributed by atoms with Crippen LogP contribution in [-0.4, -0.2) is 57.7 Å². The predicted molar refractivity (Wildman–Crippen MR) is 113 cm³/mol. The first kappa shape index (κ1) is 19.1. The van der Waals surface area contributed by atoms with Gasteiger partial charge in [0.1, 0.15) is 17.4 Å². The molecule has 5 rings (SSSR count). The lowest BCUT2D eigenvalue weighted by atomic mass is 10.1. The molecule has 0 saturated carbocycles. The number of rotatable bonds is 5. The average Bonchev–Trinajstić information content (AvgIpc) is 3.19. The quantitative estimate of drug-likeness (QED) is 0.651. The maximum atomic E-state index is 12.9. The number of likely N-dealkylation sites (tertiary alicyclic amines) is 1. The first-order valence-electron chi connectivity index (χ1n) is 10.7. The van der Waals surface area contributed by atoms with Crippen molar-refractivity contribution in [2.75, 3.05) is 26.3 Å². The third-order valence-corrected chi connectivity index (χ3v) is 6.03. The Balaban J connectivity index is 1.24. The van der Waals surface area contributed by atoms with Crippen molar-refractivity contribution in [2.24, 2.45) is 0 Å². The van der Waals surface area contributed by atoms with E-state index in [1.165, 1.54) is 5.56 Å². The van der Waals surface area contributed by atoms with Crippen LogP contribution in [0.25, 0.3) is 11.2 Å². The van der Waals surface area contributed by atoms with E-state index in [9.17, 15) is 4.79 Å².